The molecule has 1 aromatic carbocycles. The summed E-state index contributed by atoms with van der Waals surface area (Å²) >= 11 is 5.99. The summed E-state index contributed by atoms with van der Waals surface area (Å²) in [4.78, 5) is 29.7. The Morgan fingerprint density at radius 3 is 2.51 bits per heavy atom. The van der Waals surface area contributed by atoms with E-state index in [4.69, 9.17) is 26.0 Å². The molecule has 4 heterocycles. The lowest BCUT2D eigenvalue weighted by molar-refractivity contribution is 0.0490. The monoisotopic (exact) mass is 551 g/mol. The molecule has 1 amide bonds. The van der Waals surface area contributed by atoms with E-state index in [1.54, 1.807) is 18.3 Å². The molecule has 0 saturated carbocycles. The Morgan fingerprint density at radius 2 is 1.82 bits per heavy atom. The average molecular weight is 552 g/mol. The van der Waals surface area contributed by atoms with Crippen molar-refractivity contribution in [3.63, 3.8) is 0 Å². The van der Waals surface area contributed by atoms with Gasteiger partial charge in [0.1, 0.15) is 11.5 Å². The number of nitrogens with zero attached hydrogens (tertiary/aromatic N) is 7. The van der Waals surface area contributed by atoms with E-state index in [1.165, 1.54) is 0 Å². The zero-order chi connectivity index (χ0) is 27.4. The fourth-order valence-corrected chi connectivity index (χ4v) is 5.91. The van der Waals surface area contributed by atoms with Crippen LogP contribution in [0.15, 0.2) is 34.9 Å². The van der Waals surface area contributed by atoms with Crippen LogP contribution in [0.2, 0.25) is 5.02 Å². The fourth-order valence-electron chi connectivity index (χ4n) is 5.78. The molecule has 2 aromatic heterocycles. The summed E-state index contributed by atoms with van der Waals surface area (Å²) in [6.45, 7) is 10.8. The minimum absolute atomic E-state index is 0.0956. The van der Waals surface area contributed by atoms with Crippen molar-refractivity contribution in [2.45, 2.75) is 71.4 Å². The highest BCUT2D eigenvalue weighted by Gasteiger charge is 2.35. The number of amides is 1. The van der Waals surface area contributed by atoms with Gasteiger partial charge in [0.25, 0.3) is 11.8 Å². The molecule has 0 N–H and O–H groups in total. The average Bonchev–Trinajstić information content (AvgIpc) is 3.45. The quantitative estimate of drug-likeness (QED) is 0.390. The van der Waals surface area contributed by atoms with Gasteiger partial charge in [-0.25, -0.2) is 9.97 Å². The predicted octanol–water partition coefficient (Wildman–Crippen LogP) is 4.90. The lowest BCUT2D eigenvalue weighted by Gasteiger charge is -2.47. The molecule has 9 nitrogen and oxygen atoms in total. The van der Waals surface area contributed by atoms with Gasteiger partial charge in [0, 0.05) is 61.8 Å². The molecule has 2 fully saturated rings. The van der Waals surface area contributed by atoms with Crippen LogP contribution >= 0.6 is 11.6 Å². The summed E-state index contributed by atoms with van der Waals surface area (Å²) in [6, 6.07) is 8.11. The first-order valence-corrected chi connectivity index (χ1v) is 14.6. The number of anilines is 1. The summed E-state index contributed by atoms with van der Waals surface area (Å²) in [5, 5.41) is 8.96. The van der Waals surface area contributed by atoms with E-state index in [1.807, 2.05) is 17.0 Å². The number of carbonyl (C=O) groups is 1. The minimum Gasteiger partial charge on any atom is -0.419 e. The molecule has 1 atom stereocenters. The summed E-state index contributed by atoms with van der Waals surface area (Å²) < 4.78 is 5.79. The van der Waals surface area contributed by atoms with E-state index in [0.717, 1.165) is 82.8 Å². The Kier molecular flexibility index (Phi) is 8.77. The van der Waals surface area contributed by atoms with Crippen LogP contribution < -0.4 is 4.90 Å². The molecule has 2 aliphatic rings. The van der Waals surface area contributed by atoms with E-state index in [-0.39, 0.29) is 5.91 Å². The van der Waals surface area contributed by atoms with Crippen molar-refractivity contribution >= 4 is 23.3 Å². The number of halogens is 1. The molecule has 0 radical (unpaired) electrons. The second-order valence-corrected chi connectivity index (χ2v) is 10.8. The Morgan fingerprint density at radius 1 is 1.05 bits per heavy atom. The van der Waals surface area contributed by atoms with Crippen LogP contribution in [0, 0.1) is 0 Å². The maximum absolute atomic E-state index is 13.0. The van der Waals surface area contributed by atoms with Gasteiger partial charge in [-0.15, -0.1) is 10.2 Å². The number of rotatable bonds is 8. The van der Waals surface area contributed by atoms with E-state index in [9.17, 15) is 4.79 Å². The van der Waals surface area contributed by atoms with Crippen molar-refractivity contribution < 1.29 is 9.21 Å². The van der Waals surface area contributed by atoms with Gasteiger partial charge in [-0.2, -0.15) is 0 Å². The van der Waals surface area contributed by atoms with Crippen LogP contribution in [-0.4, -0.2) is 80.7 Å². The molecule has 0 unspecified atom stereocenters. The highest BCUT2D eigenvalue weighted by atomic mass is 35.5. The van der Waals surface area contributed by atoms with E-state index >= 15 is 0 Å². The number of piperidine rings is 1. The zero-order valence-corrected chi connectivity index (χ0v) is 23.9. The Labute approximate surface area is 235 Å². The maximum atomic E-state index is 13.0. The van der Waals surface area contributed by atoms with Crippen LogP contribution in [0.4, 0.5) is 5.82 Å². The zero-order valence-electron chi connectivity index (χ0n) is 23.1. The molecule has 2 saturated heterocycles. The SMILES string of the molecule is CCCc1nnc(-c2cnc(N3CCN(C4CCN(C(=O)c5ccc(Cl)cc5)CC4)[C@@H](CC)C3)c(CC)n2)o1. The predicted molar refractivity (Wildman–Crippen MR) is 152 cm³/mol. The van der Waals surface area contributed by atoms with Gasteiger partial charge in [-0.05, 0) is 56.4 Å². The summed E-state index contributed by atoms with van der Waals surface area (Å²) in [5.41, 5.74) is 2.30. The summed E-state index contributed by atoms with van der Waals surface area (Å²) in [7, 11) is 0. The summed E-state index contributed by atoms with van der Waals surface area (Å²) in [5.74, 6) is 2.12. The number of benzene rings is 1. The van der Waals surface area contributed by atoms with Crippen molar-refractivity contribution in [3.8, 4) is 11.6 Å². The van der Waals surface area contributed by atoms with Crippen LogP contribution in [0.25, 0.3) is 11.6 Å². The molecule has 0 bridgehead atoms. The van der Waals surface area contributed by atoms with Gasteiger partial charge >= 0.3 is 0 Å². The van der Waals surface area contributed by atoms with Gasteiger partial charge in [0.2, 0.25) is 5.89 Å². The van der Waals surface area contributed by atoms with E-state index < -0.39 is 0 Å². The third-order valence-corrected chi connectivity index (χ3v) is 8.17. The first-order valence-electron chi connectivity index (χ1n) is 14.2. The summed E-state index contributed by atoms with van der Waals surface area (Å²) in [6.07, 6.45) is 7.32. The number of aromatic nitrogens is 4. The number of carbonyl (C=O) groups excluding carboxylic acids is 1. The Bertz CT molecular complexity index is 1260. The van der Waals surface area contributed by atoms with Crippen molar-refractivity contribution in [3.05, 3.63) is 52.6 Å². The third-order valence-electron chi connectivity index (χ3n) is 7.92. The third kappa shape index (κ3) is 6.09. The highest BCUT2D eigenvalue weighted by molar-refractivity contribution is 6.30. The fraction of sp³-hybridized carbons (Fsp3) is 0.552. The van der Waals surface area contributed by atoms with Crippen molar-refractivity contribution in [1.29, 1.82) is 0 Å². The number of hydrogen-bond donors (Lipinski definition) is 0. The lowest BCUT2D eigenvalue weighted by atomic mass is 9.97. The molecule has 10 heteroatoms. The topological polar surface area (TPSA) is 91.5 Å². The Hall–Kier alpha value is -3.04. The Balaban J connectivity index is 1.22. The van der Waals surface area contributed by atoms with Gasteiger partial charge in [-0.3, -0.25) is 9.69 Å². The highest BCUT2D eigenvalue weighted by Crippen LogP contribution is 2.28. The van der Waals surface area contributed by atoms with Gasteiger partial charge in [-0.1, -0.05) is 32.4 Å². The maximum Gasteiger partial charge on any atom is 0.267 e. The second-order valence-electron chi connectivity index (χ2n) is 10.4. The van der Waals surface area contributed by atoms with Crippen molar-refractivity contribution in [2.75, 3.05) is 37.6 Å². The van der Waals surface area contributed by atoms with E-state index in [0.29, 0.717) is 40.1 Å². The molecular weight excluding hydrogens is 514 g/mol. The van der Waals surface area contributed by atoms with Crippen LogP contribution in [0.3, 0.4) is 0 Å². The van der Waals surface area contributed by atoms with Gasteiger partial charge in [0.15, 0.2) is 0 Å². The van der Waals surface area contributed by atoms with Crippen LogP contribution in [0.5, 0.6) is 0 Å². The lowest BCUT2D eigenvalue weighted by Crippen LogP contribution is -2.59. The number of hydrogen-bond acceptors (Lipinski definition) is 8. The van der Waals surface area contributed by atoms with Gasteiger partial charge < -0.3 is 14.2 Å². The standard InChI is InChI=1S/C29H38ClN7O2/c1-4-7-26-33-34-28(39-26)25-18-31-27(24(6-3)32-25)36-16-17-37(22(5-2)19-36)23-12-14-35(15-13-23)29(38)20-8-10-21(30)11-9-20/h8-11,18,22-23H,4-7,12-17,19H2,1-3H3/t22-/m0/s1. The molecule has 3 aromatic rings. The first kappa shape index (κ1) is 27.5. The molecule has 2 aliphatic heterocycles. The number of likely N-dealkylation sites (tertiary alicyclic amines) is 1. The van der Waals surface area contributed by atoms with Crippen LogP contribution in [-0.2, 0) is 12.8 Å². The van der Waals surface area contributed by atoms with Crippen molar-refractivity contribution in [1.82, 2.24) is 30.0 Å². The molecule has 208 valence electrons. The molecule has 39 heavy (non-hydrogen) atoms. The molecule has 5 rings (SSSR count). The molecule has 0 spiro atoms. The number of piperazine rings is 1. The smallest absolute Gasteiger partial charge is 0.267 e. The second kappa shape index (κ2) is 12.4. The minimum atomic E-state index is 0.0956. The van der Waals surface area contributed by atoms with Gasteiger partial charge in [0.05, 0.1) is 11.9 Å². The molecular formula is C29H38ClN7O2. The first-order chi connectivity index (χ1) is 19.0. The van der Waals surface area contributed by atoms with Crippen molar-refractivity contribution in [2.24, 2.45) is 0 Å². The normalized spacial score (nSPS) is 19.0. The molecule has 0 aliphatic carbocycles. The van der Waals surface area contributed by atoms with E-state index in [2.05, 4.69) is 40.8 Å². The largest absolute Gasteiger partial charge is 0.419 e. The number of aryl methyl sites for hydroxylation is 2. The van der Waals surface area contributed by atoms with Crippen LogP contribution in [0.1, 0.15) is 68.4 Å².